The maximum atomic E-state index is 12.7. The van der Waals surface area contributed by atoms with Crippen LogP contribution in [0.2, 0.25) is 0 Å². The van der Waals surface area contributed by atoms with Gasteiger partial charge in [0.15, 0.2) is 0 Å². The average Bonchev–Trinajstić information content (AvgIpc) is 2.68. The van der Waals surface area contributed by atoms with Gasteiger partial charge in [-0.3, -0.25) is 4.90 Å². The van der Waals surface area contributed by atoms with Crippen molar-refractivity contribution < 1.29 is 13.2 Å². The molecule has 1 heterocycles. The fraction of sp³-hybridized carbons (Fsp3) is 0.368. The third-order valence-electron chi connectivity index (χ3n) is 4.78. The normalized spacial score (nSPS) is 18.0. The Balaban J connectivity index is 1.67. The molecule has 0 saturated carbocycles. The number of piperazine rings is 1. The van der Waals surface area contributed by atoms with Gasteiger partial charge in [-0.05, 0) is 36.8 Å². The van der Waals surface area contributed by atoms with E-state index < -0.39 is 10.0 Å². The second kappa shape index (κ2) is 7.56. The summed E-state index contributed by atoms with van der Waals surface area (Å²) in [6, 6.07) is 16.9. The van der Waals surface area contributed by atoms with Crippen molar-refractivity contribution in [1.29, 1.82) is 0 Å². The van der Waals surface area contributed by atoms with Gasteiger partial charge in [0.25, 0.3) is 0 Å². The molecule has 25 heavy (non-hydrogen) atoms. The van der Waals surface area contributed by atoms with Crippen LogP contribution in [0.1, 0.15) is 18.5 Å². The summed E-state index contributed by atoms with van der Waals surface area (Å²) in [4.78, 5) is 2.68. The molecule has 0 radical (unpaired) electrons. The Morgan fingerprint density at radius 3 is 2.28 bits per heavy atom. The van der Waals surface area contributed by atoms with Gasteiger partial charge >= 0.3 is 0 Å². The van der Waals surface area contributed by atoms with Crippen LogP contribution >= 0.6 is 0 Å². The zero-order valence-electron chi connectivity index (χ0n) is 14.6. The van der Waals surface area contributed by atoms with Crippen molar-refractivity contribution in [2.24, 2.45) is 0 Å². The molecule has 0 spiro atoms. The van der Waals surface area contributed by atoms with Crippen molar-refractivity contribution >= 4 is 10.0 Å². The Morgan fingerprint density at radius 1 is 0.960 bits per heavy atom. The van der Waals surface area contributed by atoms with E-state index in [-0.39, 0.29) is 6.04 Å². The highest BCUT2D eigenvalue weighted by atomic mass is 32.2. The zero-order chi connectivity index (χ0) is 17.9. The first kappa shape index (κ1) is 17.9. The molecule has 0 amide bonds. The Bertz CT molecular complexity index is 800. The number of sulfonamides is 1. The number of rotatable bonds is 5. The molecule has 1 saturated heterocycles. The molecule has 0 N–H and O–H groups in total. The lowest BCUT2D eigenvalue weighted by atomic mass is 10.1. The highest BCUT2D eigenvalue weighted by Crippen LogP contribution is 2.26. The molecule has 5 nitrogen and oxygen atoms in total. The van der Waals surface area contributed by atoms with E-state index >= 15 is 0 Å². The van der Waals surface area contributed by atoms with E-state index in [0.717, 1.165) is 5.75 Å². The molecule has 6 heteroatoms. The van der Waals surface area contributed by atoms with Crippen LogP contribution in [-0.4, -0.2) is 50.9 Å². The van der Waals surface area contributed by atoms with Crippen LogP contribution in [0.5, 0.6) is 5.75 Å². The maximum Gasteiger partial charge on any atom is 0.243 e. The van der Waals surface area contributed by atoms with E-state index in [1.54, 1.807) is 35.7 Å². The molecule has 0 bridgehead atoms. The van der Waals surface area contributed by atoms with Crippen molar-refractivity contribution in [3.05, 3.63) is 60.2 Å². The van der Waals surface area contributed by atoms with Gasteiger partial charge in [-0.1, -0.05) is 30.3 Å². The number of methoxy groups -OCH3 is 1. The van der Waals surface area contributed by atoms with Gasteiger partial charge in [0.1, 0.15) is 5.75 Å². The molecule has 1 fully saturated rings. The summed E-state index contributed by atoms with van der Waals surface area (Å²) < 4.78 is 32.3. The van der Waals surface area contributed by atoms with Gasteiger partial charge in [0.05, 0.1) is 12.0 Å². The van der Waals surface area contributed by atoms with Crippen LogP contribution in [-0.2, 0) is 10.0 Å². The Morgan fingerprint density at radius 2 is 1.64 bits per heavy atom. The standard InChI is InChI=1S/C19H24N2O3S/c1-16(17-7-6-8-18(15-17)24-2)20-11-13-21(14-12-20)25(22,23)19-9-4-3-5-10-19/h3-10,15-16H,11-14H2,1-2H3/t16-/m1/s1. The molecule has 1 aliphatic rings. The first-order valence-corrected chi connectivity index (χ1v) is 9.89. The van der Waals surface area contributed by atoms with E-state index in [2.05, 4.69) is 17.9 Å². The van der Waals surface area contributed by atoms with Crippen molar-refractivity contribution in [3.63, 3.8) is 0 Å². The van der Waals surface area contributed by atoms with E-state index in [0.29, 0.717) is 31.1 Å². The van der Waals surface area contributed by atoms with Gasteiger partial charge < -0.3 is 4.74 Å². The third kappa shape index (κ3) is 3.86. The predicted molar refractivity (Wildman–Crippen MR) is 98.2 cm³/mol. The maximum absolute atomic E-state index is 12.7. The summed E-state index contributed by atoms with van der Waals surface area (Å²) in [5, 5.41) is 0. The molecule has 2 aromatic carbocycles. The minimum Gasteiger partial charge on any atom is -0.497 e. The van der Waals surface area contributed by atoms with Gasteiger partial charge in [-0.25, -0.2) is 8.42 Å². The average molecular weight is 360 g/mol. The van der Waals surface area contributed by atoms with Crippen LogP contribution in [0, 0.1) is 0 Å². The summed E-state index contributed by atoms with van der Waals surface area (Å²) >= 11 is 0. The quantitative estimate of drug-likeness (QED) is 0.823. The summed E-state index contributed by atoms with van der Waals surface area (Å²) in [5.41, 5.74) is 1.18. The van der Waals surface area contributed by atoms with Crippen molar-refractivity contribution in [1.82, 2.24) is 9.21 Å². The van der Waals surface area contributed by atoms with E-state index in [4.69, 9.17) is 4.74 Å². The smallest absolute Gasteiger partial charge is 0.243 e. The summed E-state index contributed by atoms with van der Waals surface area (Å²) in [6.45, 7) is 4.59. The summed E-state index contributed by atoms with van der Waals surface area (Å²) in [7, 11) is -1.74. The lowest BCUT2D eigenvalue weighted by Gasteiger charge is -2.37. The van der Waals surface area contributed by atoms with E-state index in [9.17, 15) is 8.42 Å². The first-order chi connectivity index (χ1) is 12.0. The Hall–Kier alpha value is -1.89. The Labute approximate surface area is 149 Å². The van der Waals surface area contributed by atoms with E-state index in [1.807, 2.05) is 24.3 Å². The SMILES string of the molecule is COc1cccc([C@@H](C)N2CCN(S(=O)(=O)c3ccccc3)CC2)c1. The lowest BCUT2D eigenvalue weighted by Crippen LogP contribution is -2.49. The van der Waals surface area contributed by atoms with Crippen molar-refractivity contribution in [2.75, 3.05) is 33.3 Å². The highest BCUT2D eigenvalue weighted by molar-refractivity contribution is 7.89. The Kier molecular flexibility index (Phi) is 5.42. The fourth-order valence-corrected chi connectivity index (χ4v) is 4.63. The van der Waals surface area contributed by atoms with Crippen LogP contribution in [0.3, 0.4) is 0 Å². The molecule has 0 unspecified atom stereocenters. The van der Waals surface area contributed by atoms with Crippen LogP contribution in [0.25, 0.3) is 0 Å². The molecule has 3 rings (SSSR count). The molecule has 0 aromatic heterocycles. The minimum atomic E-state index is -3.40. The third-order valence-corrected chi connectivity index (χ3v) is 6.69. The molecule has 134 valence electrons. The highest BCUT2D eigenvalue weighted by Gasteiger charge is 2.30. The van der Waals surface area contributed by atoms with Crippen LogP contribution < -0.4 is 4.74 Å². The molecule has 1 aliphatic heterocycles. The monoisotopic (exact) mass is 360 g/mol. The van der Waals surface area contributed by atoms with E-state index in [1.165, 1.54) is 5.56 Å². The first-order valence-electron chi connectivity index (χ1n) is 8.45. The second-order valence-corrected chi connectivity index (χ2v) is 8.14. The lowest BCUT2D eigenvalue weighted by molar-refractivity contribution is 0.145. The van der Waals surface area contributed by atoms with Crippen LogP contribution in [0.15, 0.2) is 59.5 Å². The van der Waals surface area contributed by atoms with Crippen molar-refractivity contribution in [3.8, 4) is 5.75 Å². The number of hydrogen-bond donors (Lipinski definition) is 0. The van der Waals surface area contributed by atoms with Gasteiger partial charge in [-0.2, -0.15) is 4.31 Å². The van der Waals surface area contributed by atoms with Gasteiger partial charge in [0.2, 0.25) is 10.0 Å². The molecule has 2 aromatic rings. The molecular weight excluding hydrogens is 336 g/mol. The topological polar surface area (TPSA) is 49.9 Å². The number of benzene rings is 2. The number of ether oxygens (including phenoxy) is 1. The fourth-order valence-electron chi connectivity index (χ4n) is 3.18. The molecular formula is C19H24N2O3S. The number of nitrogens with zero attached hydrogens (tertiary/aromatic N) is 2. The predicted octanol–water partition coefficient (Wildman–Crippen LogP) is 2.76. The summed E-state index contributed by atoms with van der Waals surface area (Å²) in [5.74, 6) is 0.842. The van der Waals surface area contributed by atoms with Crippen molar-refractivity contribution in [2.45, 2.75) is 17.9 Å². The molecule has 1 atom stereocenters. The molecule has 0 aliphatic carbocycles. The largest absolute Gasteiger partial charge is 0.497 e. The summed E-state index contributed by atoms with van der Waals surface area (Å²) in [6.07, 6.45) is 0. The van der Waals surface area contributed by atoms with Crippen LogP contribution in [0.4, 0.5) is 0 Å². The van der Waals surface area contributed by atoms with Gasteiger partial charge in [0, 0.05) is 32.2 Å². The zero-order valence-corrected chi connectivity index (χ0v) is 15.4. The second-order valence-electron chi connectivity index (χ2n) is 6.21. The van der Waals surface area contributed by atoms with Gasteiger partial charge in [-0.15, -0.1) is 0 Å². The number of hydrogen-bond acceptors (Lipinski definition) is 4. The minimum absolute atomic E-state index is 0.219.